The molecule has 18 heavy (non-hydrogen) atoms. The molecule has 0 bridgehead atoms. The van der Waals surface area contributed by atoms with Gasteiger partial charge >= 0.3 is 0 Å². The molecule has 3 rings (SSSR count). The molecule has 0 aliphatic carbocycles. The van der Waals surface area contributed by atoms with E-state index in [2.05, 4.69) is 25.9 Å². The topological polar surface area (TPSA) is 45.8 Å². The lowest BCUT2D eigenvalue weighted by atomic mass is 10.2. The van der Waals surface area contributed by atoms with Gasteiger partial charge in [0.1, 0.15) is 11.6 Å². The van der Waals surface area contributed by atoms with Gasteiger partial charge in [0, 0.05) is 27.1 Å². The van der Waals surface area contributed by atoms with Crippen LogP contribution in [0.4, 0.5) is 4.39 Å². The van der Waals surface area contributed by atoms with Crippen molar-refractivity contribution < 1.29 is 4.39 Å². The molecule has 1 aromatic carbocycles. The zero-order chi connectivity index (χ0) is 12.7. The van der Waals surface area contributed by atoms with Crippen LogP contribution in [0.5, 0.6) is 0 Å². The largest absolute Gasteiger partial charge is 0.306 e. The van der Waals surface area contributed by atoms with E-state index in [0.717, 1.165) is 17.0 Å². The molecule has 0 saturated carbocycles. The van der Waals surface area contributed by atoms with Gasteiger partial charge in [-0.1, -0.05) is 0 Å². The number of halogens is 2. The Bertz CT molecular complexity index is 686. The van der Waals surface area contributed by atoms with E-state index in [-0.39, 0.29) is 11.4 Å². The minimum Gasteiger partial charge on any atom is -0.306 e. The summed E-state index contributed by atoms with van der Waals surface area (Å²) in [5, 5.41) is 0. The van der Waals surface area contributed by atoms with Gasteiger partial charge in [0.05, 0.1) is 5.69 Å². The van der Waals surface area contributed by atoms with Crippen molar-refractivity contribution in [1.29, 1.82) is 0 Å². The fourth-order valence-corrected chi connectivity index (χ4v) is 3.45. The molecule has 2 aromatic rings. The van der Waals surface area contributed by atoms with E-state index in [1.165, 1.54) is 12.1 Å². The highest BCUT2D eigenvalue weighted by atomic mass is 79.9. The van der Waals surface area contributed by atoms with Gasteiger partial charge in [-0.05, 0) is 34.1 Å². The standard InChI is InChI=1S/C12H8BrFN2OS/c13-9-3-6(14)1-2-7(9)11-15-10-5-18-4-8(10)12(17)16-11/h1-3H,4-5H2,(H,15,16,17). The van der Waals surface area contributed by atoms with E-state index in [1.807, 2.05) is 0 Å². The highest BCUT2D eigenvalue weighted by molar-refractivity contribution is 9.10. The van der Waals surface area contributed by atoms with Crippen molar-refractivity contribution in [2.24, 2.45) is 0 Å². The Kier molecular flexibility index (Phi) is 2.99. The van der Waals surface area contributed by atoms with Gasteiger partial charge in [-0.15, -0.1) is 0 Å². The average Bonchev–Trinajstić information content (AvgIpc) is 2.77. The molecule has 0 spiro atoms. The highest BCUT2D eigenvalue weighted by Crippen LogP contribution is 2.29. The lowest BCUT2D eigenvalue weighted by Gasteiger charge is -2.05. The molecule has 0 amide bonds. The summed E-state index contributed by atoms with van der Waals surface area (Å²) in [7, 11) is 0. The summed E-state index contributed by atoms with van der Waals surface area (Å²) in [5.41, 5.74) is 2.17. The third-order valence-corrected chi connectivity index (χ3v) is 4.40. The van der Waals surface area contributed by atoms with Gasteiger partial charge in [-0.3, -0.25) is 4.79 Å². The molecule has 0 radical (unpaired) electrons. The van der Waals surface area contributed by atoms with Crippen LogP contribution in [0.3, 0.4) is 0 Å². The number of fused-ring (bicyclic) bond motifs is 1. The van der Waals surface area contributed by atoms with E-state index >= 15 is 0 Å². The van der Waals surface area contributed by atoms with Gasteiger partial charge in [0.2, 0.25) is 0 Å². The summed E-state index contributed by atoms with van der Waals surface area (Å²) in [5.74, 6) is 1.62. The van der Waals surface area contributed by atoms with Crippen LogP contribution < -0.4 is 5.56 Å². The SMILES string of the molecule is O=c1[nH]c(-c2ccc(F)cc2Br)nc2c1CSC2. The molecule has 1 N–H and O–H groups in total. The molecule has 1 aliphatic rings. The number of aromatic nitrogens is 2. The number of nitrogens with zero attached hydrogens (tertiary/aromatic N) is 1. The number of hydrogen-bond acceptors (Lipinski definition) is 3. The Labute approximate surface area is 115 Å². The smallest absolute Gasteiger partial charge is 0.255 e. The summed E-state index contributed by atoms with van der Waals surface area (Å²) in [6.07, 6.45) is 0. The monoisotopic (exact) mass is 326 g/mol. The fraction of sp³-hybridized carbons (Fsp3) is 0.167. The van der Waals surface area contributed by atoms with Gasteiger partial charge in [-0.25, -0.2) is 9.37 Å². The molecule has 3 nitrogen and oxygen atoms in total. The first-order chi connectivity index (χ1) is 8.65. The van der Waals surface area contributed by atoms with E-state index in [4.69, 9.17) is 0 Å². The van der Waals surface area contributed by atoms with E-state index < -0.39 is 0 Å². The van der Waals surface area contributed by atoms with Crippen LogP contribution in [0.25, 0.3) is 11.4 Å². The minimum atomic E-state index is -0.329. The van der Waals surface area contributed by atoms with Crippen molar-refractivity contribution in [3.63, 3.8) is 0 Å². The summed E-state index contributed by atoms with van der Waals surface area (Å²) in [6, 6.07) is 4.31. The van der Waals surface area contributed by atoms with Crippen LogP contribution in [-0.4, -0.2) is 9.97 Å². The fourth-order valence-electron chi connectivity index (χ4n) is 1.87. The van der Waals surface area contributed by atoms with Crippen LogP contribution in [0.1, 0.15) is 11.3 Å². The predicted molar refractivity (Wildman–Crippen MR) is 73.0 cm³/mol. The van der Waals surface area contributed by atoms with Crippen LogP contribution >= 0.6 is 27.7 Å². The van der Waals surface area contributed by atoms with Crippen molar-refractivity contribution >= 4 is 27.7 Å². The second-order valence-corrected chi connectivity index (χ2v) is 5.80. The summed E-state index contributed by atoms with van der Waals surface area (Å²) < 4.78 is 13.6. The lowest BCUT2D eigenvalue weighted by molar-refractivity contribution is 0.627. The maximum Gasteiger partial charge on any atom is 0.255 e. The zero-order valence-corrected chi connectivity index (χ0v) is 11.6. The third-order valence-electron chi connectivity index (χ3n) is 2.77. The van der Waals surface area contributed by atoms with Crippen LogP contribution in [-0.2, 0) is 11.5 Å². The van der Waals surface area contributed by atoms with Crippen LogP contribution in [0, 0.1) is 5.82 Å². The second-order valence-electron chi connectivity index (χ2n) is 3.96. The van der Waals surface area contributed by atoms with Gasteiger partial charge in [-0.2, -0.15) is 11.8 Å². The molecule has 0 saturated heterocycles. The first kappa shape index (κ1) is 11.9. The molecular weight excluding hydrogens is 319 g/mol. The number of benzene rings is 1. The van der Waals surface area contributed by atoms with E-state index in [0.29, 0.717) is 21.6 Å². The molecule has 1 aromatic heterocycles. The number of nitrogens with one attached hydrogen (secondary N) is 1. The number of H-pyrrole nitrogens is 1. The number of hydrogen-bond donors (Lipinski definition) is 1. The van der Waals surface area contributed by atoms with Crippen molar-refractivity contribution in [2.45, 2.75) is 11.5 Å². The number of thioether (sulfide) groups is 1. The Morgan fingerprint density at radius 1 is 1.39 bits per heavy atom. The normalized spacial score (nSPS) is 13.7. The van der Waals surface area contributed by atoms with Crippen molar-refractivity contribution in [2.75, 3.05) is 0 Å². The average molecular weight is 327 g/mol. The van der Waals surface area contributed by atoms with Gasteiger partial charge < -0.3 is 4.98 Å². The second kappa shape index (κ2) is 4.51. The third kappa shape index (κ3) is 1.99. The molecular formula is C12H8BrFN2OS. The predicted octanol–water partition coefficient (Wildman–Crippen LogP) is 3.09. The first-order valence-electron chi connectivity index (χ1n) is 5.30. The van der Waals surface area contributed by atoms with Gasteiger partial charge in [0.25, 0.3) is 5.56 Å². The number of aromatic amines is 1. The van der Waals surface area contributed by atoms with Gasteiger partial charge in [0.15, 0.2) is 0 Å². The van der Waals surface area contributed by atoms with Crippen LogP contribution in [0.2, 0.25) is 0 Å². The zero-order valence-electron chi connectivity index (χ0n) is 9.17. The highest BCUT2D eigenvalue weighted by Gasteiger charge is 2.18. The molecule has 0 fully saturated rings. The van der Waals surface area contributed by atoms with E-state index in [1.54, 1.807) is 17.8 Å². The number of rotatable bonds is 1. The van der Waals surface area contributed by atoms with Crippen molar-refractivity contribution in [3.8, 4) is 11.4 Å². The van der Waals surface area contributed by atoms with Crippen LogP contribution in [0.15, 0.2) is 27.5 Å². The molecule has 1 aliphatic heterocycles. The summed E-state index contributed by atoms with van der Waals surface area (Å²) in [4.78, 5) is 19.1. The maximum absolute atomic E-state index is 13.0. The first-order valence-corrected chi connectivity index (χ1v) is 7.25. The van der Waals surface area contributed by atoms with Crippen molar-refractivity contribution in [1.82, 2.24) is 9.97 Å². The minimum absolute atomic E-state index is 0.101. The molecule has 0 atom stereocenters. The Balaban J connectivity index is 2.18. The van der Waals surface area contributed by atoms with Crippen molar-refractivity contribution in [3.05, 3.63) is 50.1 Å². The Morgan fingerprint density at radius 2 is 2.22 bits per heavy atom. The quantitative estimate of drug-likeness (QED) is 0.875. The lowest BCUT2D eigenvalue weighted by Crippen LogP contribution is -2.15. The molecule has 0 unspecified atom stereocenters. The summed E-state index contributed by atoms with van der Waals surface area (Å²) >= 11 is 4.96. The van der Waals surface area contributed by atoms with E-state index in [9.17, 15) is 9.18 Å². The Morgan fingerprint density at radius 3 is 3.00 bits per heavy atom. The molecule has 2 heterocycles. The molecule has 92 valence electrons. The summed E-state index contributed by atoms with van der Waals surface area (Å²) in [6.45, 7) is 0. The maximum atomic E-state index is 13.0. The molecule has 6 heteroatoms. The Hall–Kier alpha value is -1.14.